The summed E-state index contributed by atoms with van der Waals surface area (Å²) < 4.78 is 24.7. The minimum Gasteiger partial charge on any atom is -0.493 e. The maximum atomic E-state index is 12.7. The Morgan fingerprint density at radius 1 is 1.02 bits per heavy atom. The Bertz CT molecular complexity index is 1250. The molecule has 0 bridgehead atoms. The lowest BCUT2D eigenvalue weighted by Crippen LogP contribution is -2.52. The standard InChI is InChI=1S/C30H40N4O6/c1-23-5-8-26(9-6-23)40-22-30(36)20-32(13-14-34(21-30)29(35)19-37-3)18-25-7-10-27(28(17-25)38-4)39-16-15-33-12-11-31-24(33)2/h5-12,17,36H,13-16,18-22H2,1-4H3/t30-/m0/s1. The van der Waals surface area contributed by atoms with Crippen LogP contribution >= 0.6 is 0 Å². The van der Waals surface area contributed by atoms with E-state index in [0.29, 0.717) is 56.6 Å². The molecule has 1 atom stereocenters. The molecule has 1 aliphatic heterocycles. The summed E-state index contributed by atoms with van der Waals surface area (Å²) in [6.07, 6.45) is 3.70. The van der Waals surface area contributed by atoms with E-state index in [4.69, 9.17) is 18.9 Å². The molecule has 0 spiro atoms. The fourth-order valence-electron chi connectivity index (χ4n) is 4.83. The molecular weight excluding hydrogens is 512 g/mol. The minimum absolute atomic E-state index is 0.0338. The number of aliphatic hydroxyl groups is 1. The smallest absolute Gasteiger partial charge is 0.248 e. The first-order valence-electron chi connectivity index (χ1n) is 13.5. The molecule has 1 fully saturated rings. The van der Waals surface area contributed by atoms with Gasteiger partial charge in [0.1, 0.15) is 37.0 Å². The van der Waals surface area contributed by atoms with Gasteiger partial charge in [-0.2, -0.15) is 0 Å². The van der Waals surface area contributed by atoms with Crippen LogP contribution in [0.25, 0.3) is 0 Å². The highest BCUT2D eigenvalue weighted by Gasteiger charge is 2.37. The molecule has 1 aromatic heterocycles. The summed E-state index contributed by atoms with van der Waals surface area (Å²) in [6.45, 7) is 7.27. The summed E-state index contributed by atoms with van der Waals surface area (Å²) in [7, 11) is 3.12. The number of imidazole rings is 1. The van der Waals surface area contributed by atoms with Crippen molar-refractivity contribution in [1.29, 1.82) is 0 Å². The number of benzene rings is 2. The van der Waals surface area contributed by atoms with Gasteiger partial charge in [-0.25, -0.2) is 4.98 Å². The molecule has 0 aliphatic carbocycles. The number of β-amino-alcohol motifs (C(OH)–C–C–N with tert-alkyl or cyclic N) is 1. The van der Waals surface area contributed by atoms with Gasteiger partial charge in [0.15, 0.2) is 11.5 Å². The first kappa shape index (κ1) is 29.4. The van der Waals surface area contributed by atoms with Crippen molar-refractivity contribution in [2.75, 3.05) is 60.2 Å². The van der Waals surface area contributed by atoms with E-state index in [0.717, 1.165) is 17.0 Å². The molecule has 0 radical (unpaired) electrons. The normalized spacial score (nSPS) is 17.9. The number of hydrogen-bond donors (Lipinski definition) is 1. The van der Waals surface area contributed by atoms with Gasteiger partial charge in [-0.05, 0) is 43.7 Å². The average Bonchev–Trinajstić information content (AvgIpc) is 3.27. The van der Waals surface area contributed by atoms with E-state index in [2.05, 4.69) is 9.88 Å². The van der Waals surface area contributed by atoms with Crippen LogP contribution < -0.4 is 14.2 Å². The van der Waals surface area contributed by atoms with Crippen LogP contribution in [0.2, 0.25) is 0 Å². The predicted octanol–water partition coefficient (Wildman–Crippen LogP) is 2.69. The van der Waals surface area contributed by atoms with Crippen molar-refractivity contribution in [3.8, 4) is 17.2 Å². The molecule has 10 nitrogen and oxygen atoms in total. The monoisotopic (exact) mass is 552 g/mol. The number of ether oxygens (including phenoxy) is 4. The SMILES string of the molecule is COCC(=O)N1CCN(Cc2ccc(OCCn3ccnc3C)c(OC)c2)C[C@@](O)(COc2ccc(C)cc2)C1. The van der Waals surface area contributed by atoms with Crippen LogP contribution in [0.4, 0.5) is 0 Å². The van der Waals surface area contributed by atoms with Crippen LogP contribution in [-0.2, 0) is 22.6 Å². The lowest BCUT2D eigenvalue weighted by molar-refractivity contribution is -0.138. The van der Waals surface area contributed by atoms with E-state index >= 15 is 0 Å². The van der Waals surface area contributed by atoms with Gasteiger partial charge in [0.25, 0.3) is 0 Å². The Morgan fingerprint density at radius 2 is 1.82 bits per heavy atom. The molecule has 1 saturated heterocycles. The zero-order valence-corrected chi connectivity index (χ0v) is 23.8. The summed E-state index contributed by atoms with van der Waals surface area (Å²) >= 11 is 0. The Labute approximate surface area is 236 Å². The third kappa shape index (κ3) is 7.97. The van der Waals surface area contributed by atoms with Crippen molar-refractivity contribution in [2.24, 2.45) is 0 Å². The van der Waals surface area contributed by atoms with Gasteiger partial charge in [0.05, 0.1) is 20.2 Å². The summed E-state index contributed by atoms with van der Waals surface area (Å²) in [5.74, 6) is 2.76. The van der Waals surface area contributed by atoms with Crippen LogP contribution in [0.5, 0.6) is 17.2 Å². The number of aromatic nitrogens is 2. The number of methoxy groups -OCH3 is 2. The van der Waals surface area contributed by atoms with Gasteiger partial charge < -0.3 is 33.5 Å². The summed E-state index contributed by atoms with van der Waals surface area (Å²) in [5.41, 5.74) is 0.861. The molecule has 3 aromatic rings. The number of hydrogen-bond acceptors (Lipinski definition) is 8. The number of carbonyl (C=O) groups is 1. The van der Waals surface area contributed by atoms with Gasteiger partial charge in [0.2, 0.25) is 5.91 Å². The van der Waals surface area contributed by atoms with Crippen molar-refractivity contribution >= 4 is 5.91 Å². The third-order valence-electron chi connectivity index (χ3n) is 6.99. The van der Waals surface area contributed by atoms with Crippen molar-refractivity contribution in [1.82, 2.24) is 19.4 Å². The Hall–Kier alpha value is -3.60. The Balaban J connectivity index is 1.44. The number of amides is 1. The second-order valence-corrected chi connectivity index (χ2v) is 10.3. The first-order chi connectivity index (χ1) is 19.3. The quantitative estimate of drug-likeness (QED) is 0.366. The number of nitrogens with zero attached hydrogens (tertiary/aromatic N) is 4. The van der Waals surface area contributed by atoms with Gasteiger partial charge in [0, 0.05) is 45.7 Å². The number of aryl methyl sites for hydroxylation is 2. The van der Waals surface area contributed by atoms with Crippen LogP contribution in [0.15, 0.2) is 54.9 Å². The zero-order chi connectivity index (χ0) is 28.5. The van der Waals surface area contributed by atoms with Crippen LogP contribution in [-0.4, -0.2) is 96.2 Å². The lowest BCUT2D eigenvalue weighted by Gasteiger charge is -2.33. The molecular formula is C30H40N4O6. The van der Waals surface area contributed by atoms with Crippen LogP contribution in [0.3, 0.4) is 0 Å². The lowest BCUT2D eigenvalue weighted by atomic mass is 10.0. The minimum atomic E-state index is -1.27. The molecule has 1 N–H and O–H groups in total. The van der Waals surface area contributed by atoms with Crippen molar-refractivity contribution in [2.45, 2.75) is 32.5 Å². The zero-order valence-electron chi connectivity index (χ0n) is 23.8. The molecule has 0 unspecified atom stereocenters. The molecule has 0 saturated carbocycles. The molecule has 2 aromatic carbocycles. The van der Waals surface area contributed by atoms with Gasteiger partial charge in [-0.1, -0.05) is 23.8 Å². The van der Waals surface area contributed by atoms with E-state index in [1.54, 1.807) is 18.2 Å². The maximum absolute atomic E-state index is 12.7. The molecule has 2 heterocycles. The Kier molecular flexibility index (Phi) is 10.0. The topological polar surface area (TPSA) is 98.5 Å². The van der Waals surface area contributed by atoms with Gasteiger partial charge in [-0.15, -0.1) is 0 Å². The highest BCUT2D eigenvalue weighted by molar-refractivity contribution is 5.77. The molecule has 40 heavy (non-hydrogen) atoms. The maximum Gasteiger partial charge on any atom is 0.248 e. The third-order valence-corrected chi connectivity index (χ3v) is 6.99. The van der Waals surface area contributed by atoms with Gasteiger partial charge >= 0.3 is 0 Å². The van der Waals surface area contributed by atoms with Crippen LogP contribution in [0, 0.1) is 13.8 Å². The van der Waals surface area contributed by atoms with Crippen molar-refractivity contribution in [3.63, 3.8) is 0 Å². The van der Waals surface area contributed by atoms with E-state index < -0.39 is 5.60 Å². The van der Waals surface area contributed by atoms with E-state index in [1.165, 1.54) is 7.11 Å². The second kappa shape index (κ2) is 13.6. The van der Waals surface area contributed by atoms with E-state index in [1.807, 2.05) is 67.1 Å². The Morgan fingerprint density at radius 3 is 2.52 bits per heavy atom. The van der Waals surface area contributed by atoms with Crippen molar-refractivity contribution in [3.05, 3.63) is 71.8 Å². The summed E-state index contributed by atoms with van der Waals surface area (Å²) in [5, 5.41) is 11.7. The molecule has 10 heteroatoms. The second-order valence-electron chi connectivity index (χ2n) is 10.3. The van der Waals surface area contributed by atoms with Gasteiger partial charge in [-0.3, -0.25) is 9.69 Å². The fourth-order valence-corrected chi connectivity index (χ4v) is 4.83. The highest BCUT2D eigenvalue weighted by Crippen LogP contribution is 2.29. The fraction of sp³-hybridized carbons (Fsp3) is 0.467. The highest BCUT2D eigenvalue weighted by atomic mass is 16.5. The van der Waals surface area contributed by atoms with Crippen LogP contribution in [0.1, 0.15) is 17.0 Å². The molecule has 4 rings (SSSR count). The first-order valence-corrected chi connectivity index (χ1v) is 13.5. The summed E-state index contributed by atoms with van der Waals surface area (Å²) in [6, 6.07) is 13.6. The van der Waals surface area contributed by atoms with Crippen molar-refractivity contribution < 1.29 is 28.8 Å². The number of carbonyl (C=O) groups excluding carboxylic acids is 1. The average molecular weight is 553 g/mol. The largest absolute Gasteiger partial charge is 0.493 e. The molecule has 1 amide bonds. The molecule has 1 aliphatic rings. The van der Waals surface area contributed by atoms with E-state index in [-0.39, 0.29) is 25.7 Å². The predicted molar refractivity (Wildman–Crippen MR) is 151 cm³/mol. The summed E-state index contributed by atoms with van der Waals surface area (Å²) in [4.78, 5) is 20.7. The van der Waals surface area contributed by atoms with E-state index in [9.17, 15) is 9.90 Å². The molecule has 216 valence electrons. The number of rotatable bonds is 12.